The molecule has 0 heterocycles. The predicted molar refractivity (Wildman–Crippen MR) is 59.2 cm³/mol. The maximum absolute atomic E-state index is 10.7. The van der Waals surface area contributed by atoms with Gasteiger partial charge in [-0.25, -0.2) is 0 Å². The van der Waals surface area contributed by atoms with Crippen LogP contribution in [0.25, 0.3) is 0 Å². The third-order valence-electron chi connectivity index (χ3n) is 2.44. The summed E-state index contributed by atoms with van der Waals surface area (Å²) in [4.78, 5) is 10.7. The van der Waals surface area contributed by atoms with Gasteiger partial charge in [0.15, 0.2) is 0 Å². The van der Waals surface area contributed by atoms with Crippen molar-refractivity contribution in [2.45, 2.75) is 59.3 Å². The van der Waals surface area contributed by atoms with E-state index in [0.29, 0.717) is 12.5 Å². The van der Waals surface area contributed by atoms with Crippen molar-refractivity contribution in [3.8, 4) is 0 Å². The van der Waals surface area contributed by atoms with Crippen LogP contribution in [-0.2, 0) is 9.53 Å². The SMILES string of the molecule is CCCCC[C@H](CCC)COC(C)=O. The Morgan fingerprint density at radius 2 is 1.86 bits per heavy atom. The van der Waals surface area contributed by atoms with Gasteiger partial charge in [0.2, 0.25) is 0 Å². The molecule has 0 aromatic carbocycles. The standard InChI is InChI=1S/C12H24O2/c1-4-6-7-9-12(8-5-2)10-14-11(3)13/h12H,4-10H2,1-3H3/t12-/m0/s1. The van der Waals surface area contributed by atoms with E-state index in [1.807, 2.05) is 0 Å². The third kappa shape index (κ3) is 8.09. The lowest BCUT2D eigenvalue weighted by Crippen LogP contribution is -2.12. The van der Waals surface area contributed by atoms with Crippen molar-refractivity contribution in [3.63, 3.8) is 0 Å². The van der Waals surface area contributed by atoms with Gasteiger partial charge < -0.3 is 4.74 Å². The Morgan fingerprint density at radius 1 is 1.14 bits per heavy atom. The van der Waals surface area contributed by atoms with E-state index in [-0.39, 0.29) is 5.97 Å². The minimum Gasteiger partial charge on any atom is -0.466 e. The van der Waals surface area contributed by atoms with Crippen LogP contribution in [0.15, 0.2) is 0 Å². The Labute approximate surface area is 88.0 Å². The fourth-order valence-electron chi connectivity index (χ4n) is 1.64. The van der Waals surface area contributed by atoms with Crippen molar-refractivity contribution >= 4 is 5.97 Å². The second kappa shape index (κ2) is 9.04. The maximum Gasteiger partial charge on any atom is 0.302 e. The Kier molecular flexibility index (Phi) is 8.70. The Balaban J connectivity index is 3.59. The number of rotatable bonds is 8. The lowest BCUT2D eigenvalue weighted by molar-refractivity contribution is -0.142. The predicted octanol–water partition coefficient (Wildman–Crippen LogP) is 3.55. The van der Waals surface area contributed by atoms with E-state index in [1.54, 1.807) is 0 Å². The molecule has 0 aromatic heterocycles. The van der Waals surface area contributed by atoms with Gasteiger partial charge in [-0.3, -0.25) is 4.79 Å². The van der Waals surface area contributed by atoms with E-state index >= 15 is 0 Å². The van der Waals surface area contributed by atoms with E-state index in [0.717, 1.165) is 0 Å². The Bertz CT molecular complexity index is 143. The van der Waals surface area contributed by atoms with Crippen LogP contribution in [0.3, 0.4) is 0 Å². The zero-order valence-electron chi connectivity index (χ0n) is 9.84. The molecule has 0 rings (SSSR count). The normalized spacial score (nSPS) is 12.5. The molecular weight excluding hydrogens is 176 g/mol. The lowest BCUT2D eigenvalue weighted by Gasteiger charge is -2.15. The average Bonchev–Trinajstić information content (AvgIpc) is 2.14. The van der Waals surface area contributed by atoms with Crippen LogP contribution in [0.1, 0.15) is 59.3 Å². The highest BCUT2D eigenvalue weighted by atomic mass is 16.5. The molecule has 0 saturated carbocycles. The first-order chi connectivity index (χ1) is 6.70. The minimum absolute atomic E-state index is 0.151. The zero-order valence-corrected chi connectivity index (χ0v) is 9.84. The molecule has 0 radical (unpaired) electrons. The van der Waals surface area contributed by atoms with E-state index in [2.05, 4.69) is 13.8 Å². The van der Waals surface area contributed by atoms with Crippen LogP contribution in [-0.4, -0.2) is 12.6 Å². The Morgan fingerprint density at radius 3 is 2.36 bits per heavy atom. The maximum atomic E-state index is 10.7. The third-order valence-corrected chi connectivity index (χ3v) is 2.44. The molecule has 0 saturated heterocycles. The molecule has 1 atom stereocenters. The van der Waals surface area contributed by atoms with Crippen LogP contribution in [0.4, 0.5) is 0 Å². The summed E-state index contributed by atoms with van der Waals surface area (Å²) in [6.45, 7) is 6.49. The number of carbonyl (C=O) groups is 1. The van der Waals surface area contributed by atoms with Crippen molar-refractivity contribution in [1.29, 1.82) is 0 Å². The highest BCUT2D eigenvalue weighted by Gasteiger charge is 2.08. The number of hydrogen-bond acceptors (Lipinski definition) is 2. The van der Waals surface area contributed by atoms with E-state index in [4.69, 9.17) is 4.74 Å². The topological polar surface area (TPSA) is 26.3 Å². The van der Waals surface area contributed by atoms with Gasteiger partial charge in [-0.2, -0.15) is 0 Å². The van der Waals surface area contributed by atoms with Crippen LogP contribution < -0.4 is 0 Å². The number of esters is 1. The van der Waals surface area contributed by atoms with E-state index < -0.39 is 0 Å². The quantitative estimate of drug-likeness (QED) is 0.442. The monoisotopic (exact) mass is 200 g/mol. The summed E-state index contributed by atoms with van der Waals surface area (Å²) in [6.07, 6.45) is 7.37. The molecule has 0 aliphatic heterocycles. The molecule has 2 heteroatoms. The zero-order chi connectivity index (χ0) is 10.8. The van der Waals surface area contributed by atoms with Gasteiger partial charge in [0.05, 0.1) is 6.61 Å². The van der Waals surface area contributed by atoms with Gasteiger partial charge in [-0.15, -0.1) is 0 Å². The van der Waals surface area contributed by atoms with Gasteiger partial charge >= 0.3 is 5.97 Å². The molecule has 0 spiro atoms. The molecule has 0 unspecified atom stereocenters. The number of hydrogen-bond donors (Lipinski definition) is 0. The first kappa shape index (κ1) is 13.5. The fraction of sp³-hybridized carbons (Fsp3) is 0.917. The van der Waals surface area contributed by atoms with Crippen molar-refractivity contribution < 1.29 is 9.53 Å². The van der Waals surface area contributed by atoms with Crippen molar-refractivity contribution in [2.75, 3.05) is 6.61 Å². The highest BCUT2D eigenvalue weighted by Crippen LogP contribution is 2.16. The summed E-state index contributed by atoms with van der Waals surface area (Å²) in [5, 5.41) is 0. The van der Waals surface area contributed by atoms with Crippen LogP contribution >= 0.6 is 0 Å². The van der Waals surface area contributed by atoms with Gasteiger partial charge in [0, 0.05) is 6.92 Å². The number of carbonyl (C=O) groups excluding carboxylic acids is 1. The molecule has 0 aromatic rings. The first-order valence-corrected chi connectivity index (χ1v) is 5.84. The molecule has 0 aliphatic rings. The van der Waals surface area contributed by atoms with Gasteiger partial charge in [0.1, 0.15) is 0 Å². The van der Waals surface area contributed by atoms with Crippen LogP contribution in [0.2, 0.25) is 0 Å². The van der Waals surface area contributed by atoms with Crippen molar-refractivity contribution in [2.24, 2.45) is 5.92 Å². The lowest BCUT2D eigenvalue weighted by atomic mass is 9.97. The summed E-state index contributed by atoms with van der Waals surface area (Å²) in [7, 11) is 0. The largest absolute Gasteiger partial charge is 0.466 e. The second-order valence-corrected chi connectivity index (χ2v) is 3.95. The van der Waals surface area contributed by atoms with Crippen LogP contribution in [0, 0.1) is 5.92 Å². The molecule has 2 nitrogen and oxygen atoms in total. The summed E-state index contributed by atoms with van der Waals surface area (Å²) < 4.78 is 5.05. The summed E-state index contributed by atoms with van der Waals surface area (Å²) in [5.41, 5.74) is 0. The van der Waals surface area contributed by atoms with Gasteiger partial charge in [-0.1, -0.05) is 39.5 Å². The Hall–Kier alpha value is -0.530. The molecular formula is C12H24O2. The number of ether oxygens (including phenoxy) is 1. The van der Waals surface area contributed by atoms with Crippen LogP contribution in [0.5, 0.6) is 0 Å². The van der Waals surface area contributed by atoms with E-state index in [1.165, 1.54) is 45.4 Å². The van der Waals surface area contributed by atoms with Crippen molar-refractivity contribution in [1.82, 2.24) is 0 Å². The average molecular weight is 200 g/mol. The molecule has 0 amide bonds. The molecule has 0 bridgehead atoms. The van der Waals surface area contributed by atoms with Gasteiger partial charge in [0.25, 0.3) is 0 Å². The highest BCUT2D eigenvalue weighted by molar-refractivity contribution is 5.65. The molecule has 0 aliphatic carbocycles. The molecule has 84 valence electrons. The fourth-order valence-corrected chi connectivity index (χ4v) is 1.64. The summed E-state index contributed by atoms with van der Waals surface area (Å²) in [6, 6.07) is 0. The molecule has 0 fully saturated rings. The minimum atomic E-state index is -0.151. The second-order valence-electron chi connectivity index (χ2n) is 3.95. The van der Waals surface area contributed by atoms with Crippen molar-refractivity contribution in [3.05, 3.63) is 0 Å². The summed E-state index contributed by atoms with van der Waals surface area (Å²) >= 11 is 0. The first-order valence-electron chi connectivity index (χ1n) is 5.84. The molecule has 14 heavy (non-hydrogen) atoms. The number of unbranched alkanes of at least 4 members (excludes halogenated alkanes) is 2. The van der Waals surface area contributed by atoms with E-state index in [9.17, 15) is 4.79 Å². The molecule has 0 N–H and O–H groups in total. The smallest absolute Gasteiger partial charge is 0.302 e. The van der Waals surface area contributed by atoms with Gasteiger partial charge in [-0.05, 0) is 18.8 Å². The summed E-state index contributed by atoms with van der Waals surface area (Å²) in [5.74, 6) is 0.428.